The highest BCUT2D eigenvalue weighted by Crippen LogP contribution is 2.30. The van der Waals surface area contributed by atoms with Crippen molar-refractivity contribution in [1.82, 2.24) is 24.3 Å². The van der Waals surface area contributed by atoms with Crippen molar-refractivity contribution in [3.8, 4) is 0 Å². The Kier molecular flexibility index (Phi) is 7.36. The van der Waals surface area contributed by atoms with Gasteiger partial charge in [0.25, 0.3) is 0 Å². The van der Waals surface area contributed by atoms with Crippen LogP contribution in [0.2, 0.25) is 10.0 Å². The van der Waals surface area contributed by atoms with Crippen molar-refractivity contribution < 1.29 is 4.74 Å². The summed E-state index contributed by atoms with van der Waals surface area (Å²) < 4.78 is 10.1. The first-order valence-electron chi connectivity index (χ1n) is 9.40. The largest absolute Gasteiger partial charge is 0.367 e. The Morgan fingerprint density at radius 1 is 1.17 bits per heavy atom. The lowest BCUT2D eigenvalue weighted by Gasteiger charge is -2.19. The van der Waals surface area contributed by atoms with E-state index in [0.717, 1.165) is 34.4 Å². The Hall–Kier alpha value is -2.12. The van der Waals surface area contributed by atoms with Crippen molar-refractivity contribution in [3.63, 3.8) is 0 Å². The lowest BCUT2D eigenvalue weighted by molar-refractivity contribution is 0.0279. The Morgan fingerprint density at radius 3 is 2.60 bits per heavy atom. The number of hydrogen-bond acceptors (Lipinski definition) is 4. The number of rotatable bonds is 7. The van der Waals surface area contributed by atoms with E-state index in [2.05, 4.69) is 15.1 Å². The lowest BCUT2D eigenvalue weighted by atomic mass is 10.1. The van der Waals surface area contributed by atoms with E-state index in [1.165, 1.54) is 0 Å². The van der Waals surface area contributed by atoms with E-state index in [1.54, 1.807) is 18.7 Å². The normalized spacial score (nSPS) is 12.1. The van der Waals surface area contributed by atoms with Crippen LogP contribution in [-0.4, -0.2) is 24.3 Å². The van der Waals surface area contributed by atoms with Crippen LogP contribution in [0, 0.1) is 6.92 Å². The minimum atomic E-state index is -0.187. The van der Waals surface area contributed by atoms with Gasteiger partial charge in [-0.2, -0.15) is 5.10 Å². The van der Waals surface area contributed by atoms with Gasteiger partial charge in [-0.25, -0.2) is 14.6 Å². The Labute approximate surface area is 191 Å². The fourth-order valence-corrected chi connectivity index (χ4v) is 3.79. The second kappa shape index (κ2) is 9.79. The zero-order valence-corrected chi connectivity index (χ0v) is 19.0. The van der Waals surface area contributed by atoms with Gasteiger partial charge >= 0.3 is 0 Å². The van der Waals surface area contributed by atoms with Gasteiger partial charge in [0, 0.05) is 35.7 Å². The molecule has 158 valence electrons. The summed E-state index contributed by atoms with van der Waals surface area (Å²) in [7, 11) is 0. The molecule has 0 saturated carbocycles. The average Bonchev–Trinajstić information content (AvgIpc) is 3.35. The highest BCUT2D eigenvalue weighted by molar-refractivity contribution is 6.36. The van der Waals surface area contributed by atoms with Gasteiger partial charge < -0.3 is 9.30 Å². The highest BCUT2D eigenvalue weighted by Gasteiger charge is 2.18. The summed E-state index contributed by atoms with van der Waals surface area (Å²) in [5.41, 5.74) is 3.53. The number of nitrogens with zero attached hydrogens (tertiary/aromatic N) is 5. The highest BCUT2D eigenvalue weighted by atomic mass is 35.5. The van der Waals surface area contributed by atoms with E-state index in [4.69, 9.17) is 27.9 Å². The molecular weight excluding hydrogens is 445 g/mol. The van der Waals surface area contributed by atoms with Gasteiger partial charge in [-0.05, 0) is 31.5 Å². The van der Waals surface area contributed by atoms with E-state index >= 15 is 0 Å². The molecule has 0 saturated heterocycles. The maximum absolute atomic E-state index is 6.70. The molecule has 4 aromatic rings. The van der Waals surface area contributed by atoms with Crippen molar-refractivity contribution in [1.29, 1.82) is 0 Å². The summed E-state index contributed by atoms with van der Waals surface area (Å²) in [6, 6.07) is 7.68. The van der Waals surface area contributed by atoms with E-state index in [0.29, 0.717) is 23.2 Å². The molecule has 3 heterocycles. The van der Waals surface area contributed by atoms with Crippen LogP contribution in [0.1, 0.15) is 29.8 Å². The molecule has 1 aromatic carbocycles. The molecule has 1 unspecified atom stereocenters. The van der Waals surface area contributed by atoms with Crippen molar-refractivity contribution in [2.45, 2.75) is 39.6 Å². The molecule has 0 radical (unpaired) electrons. The fraction of sp³-hybridized carbons (Fsp3) is 0.286. The van der Waals surface area contributed by atoms with Gasteiger partial charge in [-0.1, -0.05) is 35.3 Å². The molecule has 6 nitrogen and oxygen atoms in total. The number of ether oxygens (including phenoxy) is 1. The molecule has 3 aromatic heterocycles. The van der Waals surface area contributed by atoms with Crippen LogP contribution in [0.15, 0.2) is 49.2 Å². The SMILES string of the molecule is CCn1nc(C)c2c(Cl)c(COC(Cn3ccnc3)c3ccc(Cl)cc3)cnc21.Cl. The minimum Gasteiger partial charge on any atom is -0.367 e. The molecule has 0 N–H and O–H groups in total. The molecule has 30 heavy (non-hydrogen) atoms. The van der Waals surface area contributed by atoms with Gasteiger partial charge in [-0.15, -0.1) is 12.4 Å². The number of aromatic nitrogens is 5. The number of fused-ring (bicyclic) bond motifs is 1. The summed E-state index contributed by atoms with van der Waals surface area (Å²) in [6.07, 6.45) is 7.02. The van der Waals surface area contributed by atoms with Gasteiger partial charge in [0.05, 0.1) is 35.6 Å². The molecule has 0 aliphatic carbocycles. The maximum atomic E-state index is 6.70. The number of imidazole rings is 1. The monoisotopic (exact) mass is 465 g/mol. The summed E-state index contributed by atoms with van der Waals surface area (Å²) >= 11 is 12.8. The van der Waals surface area contributed by atoms with Crippen LogP contribution in [-0.2, 0) is 24.4 Å². The smallest absolute Gasteiger partial charge is 0.159 e. The van der Waals surface area contributed by atoms with Gasteiger partial charge in [-0.3, -0.25) is 0 Å². The van der Waals surface area contributed by atoms with Crippen LogP contribution in [0.4, 0.5) is 0 Å². The third kappa shape index (κ3) is 4.62. The number of hydrogen-bond donors (Lipinski definition) is 0. The van der Waals surface area contributed by atoms with Crippen molar-refractivity contribution in [3.05, 3.63) is 76.0 Å². The number of aryl methyl sites for hydroxylation is 2. The third-order valence-electron chi connectivity index (χ3n) is 4.86. The fourth-order valence-electron chi connectivity index (χ4n) is 3.34. The standard InChI is InChI=1S/C21H21Cl2N5O.ClH/c1-3-28-21-19(14(2)26-28)20(23)16(10-25-21)12-29-18(11-27-9-8-24-13-27)15-4-6-17(22)7-5-15;/h4-10,13,18H,3,11-12H2,1-2H3;1H. The van der Waals surface area contributed by atoms with E-state index in [1.807, 2.05) is 53.6 Å². The minimum absolute atomic E-state index is 0. The van der Waals surface area contributed by atoms with E-state index in [-0.39, 0.29) is 18.5 Å². The topological polar surface area (TPSA) is 57.8 Å². The second-order valence-corrected chi connectivity index (χ2v) is 7.62. The van der Waals surface area contributed by atoms with Crippen molar-refractivity contribution >= 4 is 46.6 Å². The molecule has 0 aliphatic rings. The first kappa shape index (κ1) is 22.6. The first-order valence-corrected chi connectivity index (χ1v) is 10.2. The second-order valence-electron chi connectivity index (χ2n) is 6.81. The van der Waals surface area contributed by atoms with Crippen LogP contribution in [0.5, 0.6) is 0 Å². The predicted octanol–water partition coefficient (Wildman–Crippen LogP) is 5.64. The molecule has 9 heteroatoms. The summed E-state index contributed by atoms with van der Waals surface area (Å²) in [5, 5.41) is 6.73. The molecule has 0 bridgehead atoms. The molecular formula is C21H22Cl3N5O. The lowest BCUT2D eigenvalue weighted by Crippen LogP contribution is -2.12. The predicted molar refractivity (Wildman–Crippen MR) is 121 cm³/mol. The van der Waals surface area contributed by atoms with Crippen molar-refractivity contribution in [2.24, 2.45) is 0 Å². The zero-order chi connectivity index (χ0) is 20.4. The molecule has 1 atom stereocenters. The van der Waals surface area contributed by atoms with Crippen LogP contribution < -0.4 is 0 Å². The third-order valence-corrected chi connectivity index (χ3v) is 5.55. The quantitative estimate of drug-likeness (QED) is 0.353. The van der Waals surface area contributed by atoms with E-state index < -0.39 is 0 Å². The Bertz CT molecular complexity index is 1110. The summed E-state index contributed by atoms with van der Waals surface area (Å²) in [6.45, 7) is 5.68. The maximum Gasteiger partial charge on any atom is 0.159 e. The summed E-state index contributed by atoms with van der Waals surface area (Å²) in [5.74, 6) is 0. The molecule has 4 rings (SSSR count). The average molecular weight is 467 g/mol. The zero-order valence-electron chi connectivity index (χ0n) is 16.6. The first-order chi connectivity index (χ1) is 14.1. The molecule has 0 aliphatic heterocycles. The number of benzene rings is 1. The summed E-state index contributed by atoms with van der Waals surface area (Å²) in [4.78, 5) is 8.69. The van der Waals surface area contributed by atoms with Crippen LogP contribution in [0.25, 0.3) is 11.0 Å². The molecule has 0 fully saturated rings. The van der Waals surface area contributed by atoms with Gasteiger partial charge in [0.15, 0.2) is 5.65 Å². The van der Waals surface area contributed by atoms with Gasteiger partial charge in [0.2, 0.25) is 0 Å². The molecule has 0 spiro atoms. The van der Waals surface area contributed by atoms with Crippen LogP contribution in [0.3, 0.4) is 0 Å². The number of halogens is 3. The number of pyridine rings is 1. The molecule has 0 amide bonds. The van der Waals surface area contributed by atoms with E-state index in [9.17, 15) is 0 Å². The van der Waals surface area contributed by atoms with Gasteiger partial charge in [0.1, 0.15) is 6.10 Å². The Morgan fingerprint density at radius 2 is 1.93 bits per heavy atom. The van der Waals surface area contributed by atoms with Crippen molar-refractivity contribution in [2.75, 3.05) is 0 Å². The van der Waals surface area contributed by atoms with Crippen LogP contribution >= 0.6 is 35.6 Å². The Balaban J connectivity index is 0.00000256.